The summed E-state index contributed by atoms with van der Waals surface area (Å²) in [5.41, 5.74) is 1.29. The lowest BCUT2D eigenvalue weighted by atomic mass is 9.31. The number of rotatable bonds is 0. The van der Waals surface area contributed by atoms with Crippen molar-refractivity contribution in [2.24, 2.45) is 34.5 Å². The highest BCUT2D eigenvalue weighted by atomic mass is 79.9. The van der Waals surface area contributed by atoms with E-state index in [1.165, 1.54) is 38.5 Å². The van der Waals surface area contributed by atoms with Crippen LogP contribution in [0.25, 0.3) is 0 Å². The Hall–Kier alpha value is 0.960. The minimum atomic E-state index is 0.519. The van der Waals surface area contributed by atoms with Gasteiger partial charge in [-0.25, -0.2) is 0 Å². The molecule has 7 saturated carbocycles. The Morgan fingerprint density at radius 3 is 1.22 bits per heavy atom. The molecule has 0 nitrogen and oxygen atoms in total. The molecule has 0 amide bonds. The van der Waals surface area contributed by atoms with Gasteiger partial charge >= 0.3 is 0 Å². The van der Waals surface area contributed by atoms with Crippen molar-refractivity contribution in [2.45, 2.75) is 61.0 Å². The van der Waals surface area contributed by atoms with Crippen molar-refractivity contribution in [2.75, 3.05) is 0 Å². The molecule has 18 heavy (non-hydrogen) atoms. The van der Waals surface area contributed by atoms with Crippen LogP contribution in [0.15, 0.2) is 0 Å². The first kappa shape index (κ1) is 11.6. The molecule has 8 bridgehead atoms. The topological polar surface area (TPSA) is 0 Å². The van der Waals surface area contributed by atoms with Gasteiger partial charge in [0.1, 0.15) is 0 Å². The maximum absolute atomic E-state index is 4.31. The van der Waals surface area contributed by atoms with Crippen LogP contribution in [-0.2, 0) is 0 Å². The molecule has 0 spiro atoms. The van der Waals surface area contributed by atoms with Gasteiger partial charge in [0.25, 0.3) is 0 Å². The average molecular weight is 374 g/mol. The first-order chi connectivity index (χ1) is 8.28. The summed E-state index contributed by atoms with van der Waals surface area (Å²) in [5.74, 6) is 3.83. The number of alkyl halides is 2. The molecular weight excluding hydrogens is 352 g/mol. The average Bonchev–Trinajstić information content (AvgIpc) is 2.23. The summed E-state index contributed by atoms with van der Waals surface area (Å²) >= 11 is 8.62. The Bertz CT molecular complexity index is 388. The van der Waals surface area contributed by atoms with Gasteiger partial charge < -0.3 is 0 Å². The maximum atomic E-state index is 4.31. The molecule has 0 radical (unpaired) electrons. The summed E-state index contributed by atoms with van der Waals surface area (Å²) in [5, 5.41) is 0. The molecule has 100 valence electrons. The third kappa shape index (κ3) is 1.02. The fraction of sp³-hybridized carbons (Fsp3) is 1.00. The molecule has 0 aromatic carbocycles. The molecular formula is C16H22Br2. The summed E-state index contributed by atoms with van der Waals surface area (Å²) in [6.45, 7) is 5.15. The Kier molecular flexibility index (Phi) is 1.80. The van der Waals surface area contributed by atoms with Crippen molar-refractivity contribution in [3.05, 3.63) is 0 Å². The Morgan fingerprint density at radius 2 is 0.944 bits per heavy atom. The zero-order chi connectivity index (χ0) is 12.6. The number of halogens is 2. The van der Waals surface area contributed by atoms with E-state index in [4.69, 9.17) is 0 Å². The molecule has 0 aromatic rings. The molecule has 7 fully saturated rings. The van der Waals surface area contributed by atoms with Crippen LogP contribution < -0.4 is 0 Å². The standard InChI is InChI=1S/C16H22Br2/c1-13-3-9-11-5-14(2)6-12(15(11,17)7-13)10(4-13)16(9,18)8-14/h9-12H,3-8H2,1-2H3. The zero-order valence-electron chi connectivity index (χ0n) is 11.3. The predicted molar refractivity (Wildman–Crippen MR) is 81.2 cm³/mol. The fourth-order valence-electron chi connectivity index (χ4n) is 7.55. The highest BCUT2D eigenvalue weighted by Gasteiger charge is 2.77. The quantitative estimate of drug-likeness (QED) is 0.515. The summed E-state index contributed by atoms with van der Waals surface area (Å²) in [7, 11) is 0. The number of hydrogen-bond acceptors (Lipinski definition) is 0. The van der Waals surface area contributed by atoms with Crippen molar-refractivity contribution in [1.29, 1.82) is 0 Å². The molecule has 7 aliphatic carbocycles. The number of hydrogen-bond donors (Lipinski definition) is 0. The Labute approximate surface area is 127 Å². The molecule has 0 saturated heterocycles. The molecule has 7 rings (SSSR count). The van der Waals surface area contributed by atoms with Crippen LogP contribution >= 0.6 is 31.9 Å². The van der Waals surface area contributed by atoms with E-state index in [0.29, 0.717) is 19.5 Å². The third-order valence-electron chi connectivity index (χ3n) is 7.68. The highest BCUT2D eigenvalue weighted by Crippen LogP contribution is 2.82. The van der Waals surface area contributed by atoms with E-state index in [2.05, 4.69) is 45.7 Å². The molecule has 7 aliphatic rings. The Morgan fingerprint density at radius 1 is 0.667 bits per heavy atom. The van der Waals surface area contributed by atoms with Gasteiger partial charge in [0.05, 0.1) is 0 Å². The molecule has 0 aromatic heterocycles. The molecule has 4 atom stereocenters. The second-order valence-electron chi connectivity index (χ2n) is 9.07. The zero-order valence-corrected chi connectivity index (χ0v) is 14.5. The van der Waals surface area contributed by atoms with Crippen LogP contribution in [0.4, 0.5) is 0 Å². The maximum Gasteiger partial charge on any atom is 0.0326 e. The van der Waals surface area contributed by atoms with Gasteiger partial charge in [-0.2, -0.15) is 0 Å². The molecule has 0 aliphatic heterocycles. The van der Waals surface area contributed by atoms with E-state index in [9.17, 15) is 0 Å². The monoisotopic (exact) mass is 372 g/mol. The van der Waals surface area contributed by atoms with Crippen LogP contribution in [0, 0.1) is 34.5 Å². The van der Waals surface area contributed by atoms with Crippen molar-refractivity contribution in [1.82, 2.24) is 0 Å². The summed E-state index contributed by atoms with van der Waals surface area (Å²) in [6, 6.07) is 0. The van der Waals surface area contributed by atoms with Crippen LogP contribution in [0.1, 0.15) is 52.4 Å². The van der Waals surface area contributed by atoms with Gasteiger partial charge in [-0.05, 0) is 73.0 Å². The molecule has 0 N–H and O–H groups in total. The van der Waals surface area contributed by atoms with Gasteiger partial charge in [-0.1, -0.05) is 45.7 Å². The fourth-order valence-corrected chi connectivity index (χ4v) is 10.8. The van der Waals surface area contributed by atoms with Crippen LogP contribution in [0.3, 0.4) is 0 Å². The summed E-state index contributed by atoms with van der Waals surface area (Å²) in [4.78, 5) is 0. The second kappa shape index (κ2) is 2.80. The first-order valence-corrected chi connectivity index (χ1v) is 9.25. The van der Waals surface area contributed by atoms with Crippen molar-refractivity contribution in [3.63, 3.8) is 0 Å². The van der Waals surface area contributed by atoms with Gasteiger partial charge in [0.2, 0.25) is 0 Å². The molecule has 4 unspecified atom stereocenters. The van der Waals surface area contributed by atoms with Gasteiger partial charge in [0.15, 0.2) is 0 Å². The Balaban J connectivity index is 1.76. The van der Waals surface area contributed by atoms with Crippen molar-refractivity contribution >= 4 is 31.9 Å². The van der Waals surface area contributed by atoms with E-state index >= 15 is 0 Å². The minimum Gasteiger partial charge on any atom is -0.0847 e. The minimum absolute atomic E-state index is 0.519. The van der Waals surface area contributed by atoms with E-state index in [1.807, 2.05) is 0 Å². The normalized spacial score (nSPS) is 75.3. The predicted octanol–water partition coefficient (Wildman–Crippen LogP) is 5.14. The lowest BCUT2D eigenvalue weighted by molar-refractivity contribution is -0.216. The van der Waals surface area contributed by atoms with E-state index in [-0.39, 0.29) is 0 Å². The van der Waals surface area contributed by atoms with Crippen LogP contribution in [-0.4, -0.2) is 8.65 Å². The highest BCUT2D eigenvalue weighted by molar-refractivity contribution is 9.10. The van der Waals surface area contributed by atoms with Gasteiger partial charge in [-0.3, -0.25) is 0 Å². The second-order valence-corrected chi connectivity index (χ2v) is 12.0. The third-order valence-corrected chi connectivity index (χ3v) is 10.6. The summed E-state index contributed by atoms with van der Waals surface area (Å²) in [6.07, 6.45) is 8.90. The first-order valence-electron chi connectivity index (χ1n) is 7.66. The molecule has 2 heteroatoms. The SMILES string of the molecule is CC12CC3C4CC5(C)CC(C(C1)C3(Br)C5)C4(Br)C2. The van der Waals surface area contributed by atoms with Gasteiger partial charge in [0, 0.05) is 8.65 Å². The van der Waals surface area contributed by atoms with Gasteiger partial charge in [-0.15, -0.1) is 0 Å². The van der Waals surface area contributed by atoms with Crippen LogP contribution in [0.2, 0.25) is 0 Å². The smallest absolute Gasteiger partial charge is 0.0326 e. The lowest BCUT2D eigenvalue weighted by Gasteiger charge is -2.79. The van der Waals surface area contributed by atoms with Crippen molar-refractivity contribution < 1.29 is 0 Å². The van der Waals surface area contributed by atoms with Crippen LogP contribution in [0.5, 0.6) is 0 Å². The van der Waals surface area contributed by atoms with E-state index in [0.717, 1.165) is 23.7 Å². The largest absolute Gasteiger partial charge is 0.0847 e. The van der Waals surface area contributed by atoms with E-state index < -0.39 is 0 Å². The lowest BCUT2D eigenvalue weighted by Crippen LogP contribution is -2.77. The van der Waals surface area contributed by atoms with Crippen molar-refractivity contribution in [3.8, 4) is 0 Å². The molecule has 0 heterocycles. The summed E-state index contributed by atoms with van der Waals surface area (Å²) < 4.78 is 1.04. The van der Waals surface area contributed by atoms with E-state index in [1.54, 1.807) is 0 Å².